The molecule has 0 N–H and O–H groups in total. The van der Waals surface area contributed by atoms with Gasteiger partial charge in [-0.2, -0.15) is 0 Å². The van der Waals surface area contributed by atoms with Crippen molar-refractivity contribution in [2.75, 3.05) is 50.7 Å². The van der Waals surface area contributed by atoms with Gasteiger partial charge in [-0.05, 0) is 31.0 Å². The molecule has 6 nitrogen and oxygen atoms in total. The average Bonchev–Trinajstić information content (AvgIpc) is 3.03. The van der Waals surface area contributed by atoms with Gasteiger partial charge >= 0.3 is 0 Å². The van der Waals surface area contributed by atoms with Crippen molar-refractivity contribution in [3.05, 3.63) is 41.7 Å². The molecule has 1 amide bonds. The van der Waals surface area contributed by atoms with Gasteiger partial charge in [-0.1, -0.05) is 30.5 Å². The van der Waals surface area contributed by atoms with E-state index < -0.39 is 0 Å². The summed E-state index contributed by atoms with van der Waals surface area (Å²) in [5.74, 6) is 1.22. The molecule has 0 unspecified atom stereocenters. The Morgan fingerprint density at radius 3 is 2.46 bits per heavy atom. The zero-order chi connectivity index (χ0) is 19.3. The SMILES string of the molecule is O=C(CN1CCN(c2nccn2-c2cccc(Cl)c2)CC1)N1CCCCCC1. The number of piperazine rings is 1. The Hall–Kier alpha value is -2.05. The van der Waals surface area contributed by atoms with E-state index >= 15 is 0 Å². The number of hydrogen-bond acceptors (Lipinski definition) is 4. The number of amides is 1. The van der Waals surface area contributed by atoms with Gasteiger partial charge in [-0.3, -0.25) is 14.3 Å². The van der Waals surface area contributed by atoms with Crippen LogP contribution in [0.4, 0.5) is 5.95 Å². The highest BCUT2D eigenvalue weighted by Gasteiger charge is 2.24. The van der Waals surface area contributed by atoms with Gasteiger partial charge in [-0.15, -0.1) is 0 Å². The molecule has 2 aliphatic rings. The number of aromatic nitrogens is 2. The van der Waals surface area contributed by atoms with Crippen LogP contribution in [0.3, 0.4) is 0 Å². The largest absolute Gasteiger partial charge is 0.342 e. The molecule has 150 valence electrons. The van der Waals surface area contributed by atoms with E-state index in [1.165, 1.54) is 12.8 Å². The number of imidazole rings is 1. The first-order valence-electron chi connectivity index (χ1n) is 10.2. The summed E-state index contributed by atoms with van der Waals surface area (Å²) in [6.45, 7) is 5.88. The molecule has 3 heterocycles. The second-order valence-electron chi connectivity index (χ2n) is 7.64. The highest BCUT2D eigenvalue weighted by Crippen LogP contribution is 2.22. The predicted molar refractivity (Wildman–Crippen MR) is 112 cm³/mol. The van der Waals surface area contributed by atoms with Gasteiger partial charge in [0.25, 0.3) is 0 Å². The molecule has 1 aromatic carbocycles. The zero-order valence-electron chi connectivity index (χ0n) is 16.3. The smallest absolute Gasteiger partial charge is 0.236 e. The van der Waals surface area contributed by atoms with E-state index in [-0.39, 0.29) is 5.91 Å². The number of likely N-dealkylation sites (tertiary alicyclic amines) is 1. The zero-order valence-corrected chi connectivity index (χ0v) is 17.0. The number of carbonyl (C=O) groups is 1. The van der Waals surface area contributed by atoms with Crippen molar-refractivity contribution in [3.63, 3.8) is 0 Å². The van der Waals surface area contributed by atoms with Gasteiger partial charge in [0.2, 0.25) is 11.9 Å². The first-order chi connectivity index (χ1) is 13.7. The van der Waals surface area contributed by atoms with Crippen molar-refractivity contribution < 1.29 is 4.79 Å². The third-order valence-electron chi connectivity index (χ3n) is 5.68. The van der Waals surface area contributed by atoms with E-state index in [1.807, 2.05) is 36.7 Å². The lowest BCUT2D eigenvalue weighted by Gasteiger charge is -2.36. The van der Waals surface area contributed by atoms with Gasteiger partial charge in [0.05, 0.1) is 6.54 Å². The third-order valence-corrected chi connectivity index (χ3v) is 5.92. The van der Waals surface area contributed by atoms with E-state index in [9.17, 15) is 4.79 Å². The molecule has 0 saturated carbocycles. The normalized spacial score (nSPS) is 18.9. The Morgan fingerprint density at radius 2 is 1.75 bits per heavy atom. The maximum Gasteiger partial charge on any atom is 0.236 e. The fourth-order valence-electron chi connectivity index (χ4n) is 4.07. The maximum atomic E-state index is 12.6. The molecule has 4 rings (SSSR count). The van der Waals surface area contributed by atoms with Gasteiger partial charge in [0, 0.05) is 62.4 Å². The molecule has 28 heavy (non-hydrogen) atoms. The van der Waals surface area contributed by atoms with Gasteiger partial charge in [-0.25, -0.2) is 4.98 Å². The summed E-state index contributed by atoms with van der Waals surface area (Å²) in [5.41, 5.74) is 1.01. The average molecular weight is 402 g/mol. The number of hydrogen-bond donors (Lipinski definition) is 0. The van der Waals surface area contributed by atoms with Crippen LogP contribution in [0.1, 0.15) is 25.7 Å². The summed E-state index contributed by atoms with van der Waals surface area (Å²) in [4.78, 5) is 23.8. The Kier molecular flexibility index (Phi) is 6.17. The van der Waals surface area contributed by atoms with Crippen LogP contribution in [-0.2, 0) is 4.79 Å². The van der Waals surface area contributed by atoms with E-state index in [4.69, 9.17) is 11.6 Å². The number of halogens is 1. The van der Waals surface area contributed by atoms with Gasteiger partial charge in [0.15, 0.2) is 0 Å². The third kappa shape index (κ3) is 4.50. The first kappa shape index (κ1) is 19.3. The fourth-order valence-corrected chi connectivity index (χ4v) is 4.26. The number of benzene rings is 1. The van der Waals surface area contributed by atoms with Crippen LogP contribution < -0.4 is 4.90 Å². The van der Waals surface area contributed by atoms with Crippen molar-refractivity contribution in [1.29, 1.82) is 0 Å². The van der Waals surface area contributed by atoms with Crippen LogP contribution in [0.25, 0.3) is 5.69 Å². The summed E-state index contributed by atoms with van der Waals surface area (Å²) in [5, 5.41) is 0.717. The molecule has 0 atom stereocenters. The summed E-state index contributed by atoms with van der Waals surface area (Å²) in [6.07, 6.45) is 8.59. The van der Waals surface area contributed by atoms with Crippen LogP contribution in [0, 0.1) is 0 Å². The van der Waals surface area contributed by atoms with Crippen molar-refractivity contribution in [3.8, 4) is 5.69 Å². The standard InChI is InChI=1S/C21H28ClN5O/c22-18-6-5-7-19(16-18)27-11-8-23-21(27)26-14-12-24(13-15-26)17-20(28)25-9-3-1-2-4-10-25/h5-8,11,16H,1-4,9-10,12-15,17H2. The van der Waals surface area contributed by atoms with Crippen LogP contribution in [0.2, 0.25) is 5.02 Å². The molecule has 0 bridgehead atoms. The van der Waals surface area contributed by atoms with Crippen LogP contribution >= 0.6 is 11.6 Å². The van der Waals surface area contributed by atoms with E-state index in [2.05, 4.69) is 24.3 Å². The number of nitrogens with zero attached hydrogens (tertiary/aromatic N) is 5. The molecule has 0 spiro atoms. The van der Waals surface area contributed by atoms with Gasteiger partial charge < -0.3 is 9.80 Å². The highest BCUT2D eigenvalue weighted by molar-refractivity contribution is 6.30. The van der Waals surface area contributed by atoms with E-state index in [0.717, 1.165) is 63.7 Å². The van der Waals surface area contributed by atoms with E-state index in [1.54, 1.807) is 0 Å². The van der Waals surface area contributed by atoms with E-state index in [0.29, 0.717) is 11.6 Å². The number of carbonyl (C=O) groups excluding carboxylic acids is 1. The second-order valence-corrected chi connectivity index (χ2v) is 8.07. The minimum atomic E-state index is 0.288. The second kappa shape index (κ2) is 8.97. The van der Waals surface area contributed by atoms with Crippen molar-refractivity contribution >= 4 is 23.5 Å². The summed E-state index contributed by atoms with van der Waals surface area (Å²) in [7, 11) is 0. The molecule has 0 radical (unpaired) electrons. The Balaban J connectivity index is 1.35. The predicted octanol–water partition coefficient (Wildman–Crippen LogP) is 3.05. The molecule has 2 aromatic rings. The highest BCUT2D eigenvalue weighted by atomic mass is 35.5. The monoisotopic (exact) mass is 401 g/mol. The molecule has 0 aliphatic carbocycles. The lowest BCUT2D eigenvalue weighted by Crippen LogP contribution is -2.50. The lowest BCUT2D eigenvalue weighted by molar-refractivity contribution is -0.132. The van der Waals surface area contributed by atoms with Crippen molar-refractivity contribution in [1.82, 2.24) is 19.4 Å². The molecular weight excluding hydrogens is 374 g/mol. The Morgan fingerprint density at radius 1 is 1.00 bits per heavy atom. The first-order valence-corrected chi connectivity index (χ1v) is 10.6. The minimum absolute atomic E-state index is 0.288. The number of anilines is 1. The molecule has 2 saturated heterocycles. The lowest BCUT2D eigenvalue weighted by atomic mass is 10.2. The van der Waals surface area contributed by atoms with Crippen molar-refractivity contribution in [2.24, 2.45) is 0 Å². The quantitative estimate of drug-likeness (QED) is 0.789. The fraction of sp³-hybridized carbons (Fsp3) is 0.524. The number of rotatable bonds is 4. The molecule has 7 heteroatoms. The minimum Gasteiger partial charge on any atom is -0.342 e. The summed E-state index contributed by atoms with van der Waals surface area (Å²) in [6, 6.07) is 7.81. The Bertz CT molecular complexity index is 792. The van der Waals surface area contributed by atoms with Crippen molar-refractivity contribution in [2.45, 2.75) is 25.7 Å². The topological polar surface area (TPSA) is 44.6 Å². The van der Waals surface area contributed by atoms with Crippen LogP contribution in [0.15, 0.2) is 36.7 Å². The molecule has 1 aromatic heterocycles. The Labute approximate surface area is 171 Å². The van der Waals surface area contributed by atoms with Crippen LogP contribution in [-0.4, -0.2) is 71.1 Å². The molecule has 2 fully saturated rings. The molecular formula is C21H28ClN5O. The van der Waals surface area contributed by atoms with Gasteiger partial charge in [0.1, 0.15) is 0 Å². The van der Waals surface area contributed by atoms with Crippen LogP contribution in [0.5, 0.6) is 0 Å². The molecule has 2 aliphatic heterocycles. The summed E-state index contributed by atoms with van der Waals surface area (Å²) >= 11 is 6.15. The summed E-state index contributed by atoms with van der Waals surface area (Å²) < 4.78 is 2.07. The maximum absolute atomic E-state index is 12.6.